The number of fused-ring (bicyclic) bond motifs is 1. The number of anilines is 2. The predicted octanol–water partition coefficient (Wildman–Crippen LogP) is 4.91. The fourth-order valence-electron chi connectivity index (χ4n) is 3.62. The molecule has 0 saturated heterocycles. The van der Waals surface area contributed by atoms with Crippen LogP contribution in [0.1, 0.15) is 30.9 Å². The number of hydrogen-bond donors (Lipinski definition) is 1. The Kier molecular flexibility index (Phi) is 6.18. The molecule has 0 fully saturated rings. The van der Waals surface area contributed by atoms with Crippen molar-refractivity contribution in [3.8, 4) is 5.75 Å². The lowest BCUT2D eigenvalue weighted by molar-refractivity contribution is 0.256. The molecule has 3 aromatic rings. The third kappa shape index (κ3) is 4.57. The van der Waals surface area contributed by atoms with Gasteiger partial charge in [0.15, 0.2) is 5.82 Å². The number of halogens is 1. The zero-order chi connectivity index (χ0) is 20.9. The van der Waals surface area contributed by atoms with Gasteiger partial charge < -0.3 is 14.6 Å². The molecule has 0 atom stereocenters. The average Bonchev–Trinajstić information content (AvgIpc) is 2.97. The average molecular weight is 426 g/mol. The number of carbonyl (C=O) groups excluding carboxylic acids is 1. The lowest BCUT2D eigenvalue weighted by Crippen LogP contribution is -2.35. The molecule has 30 heavy (non-hydrogen) atoms. The molecule has 1 aliphatic heterocycles. The highest BCUT2D eigenvalue weighted by molar-refractivity contribution is 6.30. The largest absolute Gasteiger partial charge is 0.497 e. The molecule has 0 unspecified atom stereocenters. The molecule has 1 aromatic heterocycles. The standard InChI is InChI=1S/C22H24ClN5O2/c1-30-19-10-6-9-18(14-19)28(22(29)24-17-8-5-7-16(23)13-17)15-21-26-25-20-11-3-2-4-12-27(20)21/h5-10,13-14H,2-4,11-12,15H2,1H3,(H,24,29). The number of aryl methyl sites for hydroxylation is 1. The van der Waals surface area contributed by atoms with Crippen molar-refractivity contribution in [3.05, 3.63) is 65.2 Å². The quantitative estimate of drug-likeness (QED) is 0.630. The molecule has 1 N–H and O–H groups in total. The number of carbonyl (C=O) groups is 1. The van der Waals surface area contributed by atoms with E-state index < -0.39 is 0 Å². The fraction of sp³-hybridized carbons (Fsp3) is 0.318. The Morgan fingerprint density at radius 1 is 1.17 bits per heavy atom. The minimum Gasteiger partial charge on any atom is -0.497 e. The lowest BCUT2D eigenvalue weighted by Gasteiger charge is -2.24. The van der Waals surface area contributed by atoms with Crippen LogP contribution in [0.15, 0.2) is 48.5 Å². The number of nitrogens with zero attached hydrogens (tertiary/aromatic N) is 4. The Morgan fingerprint density at radius 3 is 2.87 bits per heavy atom. The molecule has 2 aromatic carbocycles. The van der Waals surface area contributed by atoms with Crippen molar-refractivity contribution in [1.82, 2.24) is 14.8 Å². The van der Waals surface area contributed by atoms with Crippen molar-refractivity contribution < 1.29 is 9.53 Å². The molecule has 0 aliphatic carbocycles. The molecule has 8 heteroatoms. The van der Waals surface area contributed by atoms with E-state index in [4.69, 9.17) is 16.3 Å². The van der Waals surface area contributed by atoms with Gasteiger partial charge >= 0.3 is 6.03 Å². The lowest BCUT2D eigenvalue weighted by atomic mass is 10.2. The van der Waals surface area contributed by atoms with E-state index in [9.17, 15) is 4.79 Å². The van der Waals surface area contributed by atoms with Crippen molar-refractivity contribution in [2.24, 2.45) is 0 Å². The van der Waals surface area contributed by atoms with Crippen molar-refractivity contribution >= 4 is 29.0 Å². The van der Waals surface area contributed by atoms with E-state index in [-0.39, 0.29) is 6.03 Å². The van der Waals surface area contributed by atoms with Gasteiger partial charge in [0.2, 0.25) is 0 Å². The molecule has 1 aliphatic rings. The van der Waals surface area contributed by atoms with Crippen molar-refractivity contribution in [2.75, 3.05) is 17.3 Å². The first-order valence-corrected chi connectivity index (χ1v) is 10.4. The zero-order valence-electron chi connectivity index (χ0n) is 16.8. The fourth-order valence-corrected chi connectivity index (χ4v) is 3.81. The molecule has 2 amide bonds. The van der Waals surface area contributed by atoms with Crippen LogP contribution in [-0.4, -0.2) is 27.9 Å². The molecular formula is C22H24ClN5O2. The second kappa shape index (κ2) is 9.17. The monoisotopic (exact) mass is 425 g/mol. The summed E-state index contributed by atoms with van der Waals surface area (Å²) in [7, 11) is 1.61. The molecular weight excluding hydrogens is 402 g/mol. The van der Waals surface area contributed by atoms with E-state index in [1.165, 1.54) is 6.42 Å². The number of benzene rings is 2. The molecule has 0 saturated carbocycles. The van der Waals surface area contributed by atoms with Gasteiger partial charge in [0.25, 0.3) is 0 Å². The van der Waals surface area contributed by atoms with Crippen LogP contribution >= 0.6 is 11.6 Å². The molecule has 0 spiro atoms. The van der Waals surface area contributed by atoms with Crippen LogP contribution in [0, 0.1) is 0 Å². The molecule has 0 radical (unpaired) electrons. The third-order valence-corrected chi connectivity index (χ3v) is 5.41. The number of nitrogens with one attached hydrogen (secondary N) is 1. The van der Waals surface area contributed by atoms with Crippen LogP contribution in [0.5, 0.6) is 5.75 Å². The summed E-state index contributed by atoms with van der Waals surface area (Å²) in [5, 5.41) is 12.2. The van der Waals surface area contributed by atoms with E-state index in [2.05, 4.69) is 20.1 Å². The SMILES string of the molecule is COc1cccc(N(Cc2nnc3n2CCCCC3)C(=O)Nc2cccc(Cl)c2)c1. The Hall–Kier alpha value is -3.06. The number of ether oxygens (including phenoxy) is 1. The number of hydrogen-bond acceptors (Lipinski definition) is 4. The second-order valence-corrected chi connectivity index (χ2v) is 7.66. The summed E-state index contributed by atoms with van der Waals surface area (Å²) < 4.78 is 7.50. The van der Waals surface area contributed by atoms with E-state index in [0.29, 0.717) is 28.7 Å². The molecule has 7 nitrogen and oxygen atoms in total. The Bertz CT molecular complexity index is 1040. The van der Waals surface area contributed by atoms with Gasteiger partial charge in [-0.1, -0.05) is 30.2 Å². The minimum absolute atomic E-state index is 0.281. The van der Waals surface area contributed by atoms with Gasteiger partial charge in [-0.05, 0) is 43.2 Å². The van der Waals surface area contributed by atoms with E-state index in [1.807, 2.05) is 24.3 Å². The summed E-state index contributed by atoms with van der Waals surface area (Å²) in [6.45, 7) is 1.17. The summed E-state index contributed by atoms with van der Waals surface area (Å²) in [5.74, 6) is 2.44. The Labute approximate surface area is 180 Å². The second-order valence-electron chi connectivity index (χ2n) is 7.22. The van der Waals surface area contributed by atoms with Gasteiger partial charge in [0.1, 0.15) is 11.6 Å². The van der Waals surface area contributed by atoms with Crippen molar-refractivity contribution in [2.45, 2.75) is 38.8 Å². The number of methoxy groups -OCH3 is 1. The third-order valence-electron chi connectivity index (χ3n) is 5.17. The highest BCUT2D eigenvalue weighted by Crippen LogP contribution is 2.25. The van der Waals surface area contributed by atoms with Crippen LogP contribution < -0.4 is 15.0 Å². The minimum atomic E-state index is -0.281. The maximum absolute atomic E-state index is 13.3. The van der Waals surface area contributed by atoms with Gasteiger partial charge in [-0.15, -0.1) is 10.2 Å². The normalized spacial score (nSPS) is 13.3. The van der Waals surface area contributed by atoms with E-state index in [1.54, 1.807) is 36.3 Å². The van der Waals surface area contributed by atoms with Crippen LogP contribution in [0.4, 0.5) is 16.2 Å². The maximum atomic E-state index is 13.3. The van der Waals surface area contributed by atoms with Crippen molar-refractivity contribution in [1.29, 1.82) is 0 Å². The first kappa shape index (κ1) is 20.2. The highest BCUT2D eigenvalue weighted by atomic mass is 35.5. The Balaban J connectivity index is 1.65. The molecule has 4 rings (SSSR count). The summed E-state index contributed by atoms with van der Waals surface area (Å²) in [6.07, 6.45) is 4.30. The molecule has 0 bridgehead atoms. The van der Waals surface area contributed by atoms with Crippen LogP contribution in [0.3, 0.4) is 0 Å². The van der Waals surface area contributed by atoms with Gasteiger partial charge in [0, 0.05) is 35.4 Å². The number of aromatic nitrogens is 3. The summed E-state index contributed by atoms with van der Waals surface area (Å²) >= 11 is 6.07. The number of urea groups is 1. The van der Waals surface area contributed by atoms with Crippen LogP contribution in [0.2, 0.25) is 5.02 Å². The first-order chi connectivity index (χ1) is 14.6. The van der Waals surface area contributed by atoms with Gasteiger partial charge in [0.05, 0.1) is 13.7 Å². The summed E-state index contributed by atoms with van der Waals surface area (Å²) in [4.78, 5) is 14.9. The van der Waals surface area contributed by atoms with E-state index >= 15 is 0 Å². The predicted molar refractivity (Wildman–Crippen MR) is 117 cm³/mol. The Morgan fingerprint density at radius 2 is 2.03 bits per heavy atom. The van der Waals surface area contributed by atoms with Crippen LogP contribution in [-0.2, 0) is 19.5 Å². The smallest absolute Gasteiger partial charge is 0.326 e. The number of rotatable bonds is 5. The van der Waals surface area contributed by atoms with Gasteiger partial charge in [-0.3, -0.25) is 4.90 Å². The topological polar surface area (TPSA) is 72.3 Å². The molecule has 156 valence electrons. The summed E-state index contributed by atoms with van der Waals surface area (Å²) in [6, 6.07) is 14.2. The van der Waals surface area contributed by atoms with Crippen LogP contribution in [0.25, 0.3) is 0 Å². The van der Waals surface area contributed by atoms with Crippen molar-refractivity contribution in [3.63, 3.8) is 0 Å². The number of amides is 2. The van der Waals surface area contributed by atoms with E-state index in [0.717, 1.165) is 37.5 Å². The van der Waals surface area contributed by atoms with Gasteiger partial charge in [-0.25, -0.2) is 4.79 Å². The highest BCUT2D eigenvalue weighted by Gasteiger charge is 2.22. The summed E-state index contributed by atoms with van der Waals surface area (Å²) in [5.41, 5.74) is 1.33. The first-order valence-electron chi connectivity index (χ1n) is 10.0. The maximum Gasteiger partial charge on any atom is 0.326 e. The molecule has 2 heterocycles. The van der Waals surface area contributed by atoms with Gasteiger partial charge in [-0.2, -0.15) is 0 Å². The zero-order valence-corrected chi connectivity index (χ0v) is 17.6.